The van der Waals surface area contributed by atoms with E-state index in [0.717, 1.165) is 0 Å². The van der Waals surface area contributed by atoms with Crippen LogP contribution in [0.5, 0.6) is 0 Å². The molecule has 0 fully saturated rings. The molecule has 0 rings (SSSR count). The van der Waals surface area contributed by atoms with E-state index in [9.17, 15) is 22.4 Å². The van der Waals surface area contributed by atoms with E-state index in [1.807, 2.05) is 0 Å². The van der Waals surface area contributed by atoms with Crippen molar-refractivity contribution in [2.75, 3.05) is 0 Å². The van der Waals surface area contributed by atoms with Crippen LogP contribution < -0.4 is 29.6 Å². The molecule has 1 N–H and O–H groups in total. The Bertz CT molecular complexity index is 126. The van der Waals surface area contributed by atoms with Crippen LogP contribution in [0.2, 0.25) is 0 Å². The molecule has 10 heavy (non-hydrogen) atoms. The summed E-state index contributed by atoms with van der Waals surface area (Å²) in [6.45, 7) is 0. The van der Waals surface area contributed by atoms with Gasteiger partial charge in [-0.15, -0.1) is 0 Å². The van der Waals surface area contributed by atoms with Crippen LogP contribution in [0, 0.1) is 0 Å². The number of hydrogen-bond acceptors (Lipinski definition) is 1. The molecule has 0 saturated carbocycles. The molecule has 0 aromatic carbocycles. The molecule has 0 radical (unpaired) electrons. The Morgan fingerprint density at radius 1 is 1.40 bits per heavy atom. The molecule has 0 spiro atoms. The Hall–Kier alpha value is 0.190. The smallest absolute Gasteiger partial charge is 0.477 e. The molecule has 0 atom stereocenters. The van der Waals surface area contributed by atoms with Crippen molar-refractivity contribution in [2.24, 2.45) is 0 Å². The van der Waals surface area contributed by atoms with Gasteiger partial charge in [-0.2, -0.15) is 8.78 Å². The predicted octanol–water partition coefficient (Wildman–Crippen LogP) is -2.02. The third-order valence-electron chi connectivity index (χ3n) is 0.559. The summed E-state index contributed by atoms with van der Waals surface area (Å²) < 4.78 is 44.5. The van der Waals surface area contributed by atoms with Gasteiger partial charge in [0.1, 0.15) is 0 Å². The van der Waals surface area contributed by atoms with Crippen molar-refractivity contribution >= 4 is 5.97 Å². The van der Waals surface area contributed by atoms with E-state index in [-0.39, 0.29) is 29.6 Å². The normalized spacial score (nSPS) is 10.9. The molecule has 0 aromatic rings. The second-order valence-corrected chi connectivity index (χ2v) is 1.23. The van der Waals surface area contributed by atoms with Gasteiger partial charge in [-0.3, -0.25) is 0 Å². The van der Waals surface area contributed by atoms with Gasteiger partial charge < -0.3 is 5.11 Å². The molecule has 0 aliphatic rings. The van der Waals surface area contributed by atoms with E-state index in [2.05, 4.69) is 0 Å². The van der Waals surface area contributed by atoms with Crippen molar-refractivity contribution in [3.8, 4) is 0 Å². The van der Waals surface area contributed by atoms with Gasteiger partial charge in [0.2, 0.25) is 0 Å². The number of carboxylic acids is 1. The van der Waals surface area contributed by atoms with Gasteiger partial charge in [-0.25, -0.2) is 13.6 Å². The summed E-state index contributed by atoms with van der Waals surface area (Å²) >= 11 is 0. The molecule has 0 bridgehead atoms. The van der Waals surface area contributed by atoms with E-state index in [1.54, 1.807) is 0 Å². The van der Waals surface area contributed by atoms with Crippen LogP contribution in [0.15, 0.2) is 0 Å². The molecule has 2 nitrogen and oxygen atoms in total. The first-order valence-electron chi connectivity index (χ1n) is 1.78. The number of halogens is 4. The number of carboxylic acid groups (broad SMARTS) is 1. The second kappa shape index (κ2) is 4.15. The fraction of sp³-hybridized carbons (Fsp3) is 0.667. The molecule has 0 heterocycles. The van der Waals surface area contributed by atoms with E-state index >= 15 is 0 Å². The molecule has 0 unspecified atom stereocenters. The van der Waals surface area contributed by atoms with Crippen molar-refractivity contribution in [3.63, 3.8) is 0 Å². The fourth-order valence-electron chi connectivity index (χ4n) is 0.0933. The maximum Gasteiger partial charge on any atom is 1.00 e. The van der Waals surface area contributed by atoms with Gasteiger partial charge in [-0.05, 0) is 0 Å². The summed E-state index contributed by atoms with van der Waals surface area (Å²) in [6, 6.07) is 0. The van der Waals surface area contributed by atoms with Crippen LogP contribution in [0.3, 0.4) is 0 Å². The first kappa shape index (κ1) is 12.8. The van der Waals surface area contributed by atoms with Crippen LogP contribution >= 0.6 is 0 Å². The Labute approximate surface area is 75.5 Å². The van der Waals surface area contributed by atoms with E-state index < -0.39 is 18.3 Å². The summed E-state index contributed by atoms with van der Waals surface area (Å²) in [5, 5.41) is 7.38. The number of carbonyl (C=O) groups is 1. The van der Waals surface area contributed by atoms with Gasteiger partial charge in [0.25, 0.3) is 0 Å². The molecule has 0 aliphatic heterocycles. The van der Waals surface area contributed by atoms with Gasteiger partial charge in [0, 0.05) is 0 Å². The minimum Gasteiger partial charge on any atom is -0.477 e. The van der Waals surface area contributed by atoms with Crippen molar-refractivity contribution in [1.82, 2.24) is 0 Å². The van der Waals surface area contributed by atoms with E-state index in [0.29, 0.717) is 0 Å². The SMILES string of the molecule is O=C(O)C(F)(F)C(F)F.[Na+]. The van der Waals surface area contributed by atoms with Crippen molar-refractivity contribution < 1.29 is 57.0 Å². The third kappa shape index (κ3) is 2.85. The molecule has 0 aliphatic carbocycles. The Morgan fingerprint density at radius 2 is 1.70 bits per heavy atom. The summed E-state index contributed by atoms with van der Waals surface area (Å²) in [5.74, 6) is -7.72. The second-order valence-electron chi connectivity index (χ2n) is 1.23. The standard InChI is InChI=1S/C3H2F4O2.Na/c4-1(5)3(6,7)2(8)9;/h1H,(H,8,9);/q;+1. The Balaban J connectivity index is 0. The molecule has 54 valence electrons. The Morgan fingerprint density at radius 3 is 1.70 bits per heavy atom. The van der Waals surface area contributed by atoms with Gasteiger partial charge in [0.15, 0.2) is 0 Å². The number of rotatable bonds is 2. The maximum absolute atomic E-state index is 11.3. The van der Waals surface area contributed by atoms with Crippen LogP contribution in [-0.2, 0) is 4.79 Å². The minimum absolute atomic E-state index is 0. The summed E-state index contributed by atoms with van der Waals surface area (Å²) in [6.07, 6.45) is -4.14. The maximum atomic E-state index is 11.3. The largest absolute Gasteiger partial charge is 1.00 e. The van der Waals surface area contributed by atoms with Crippen LogP contribution in [0.25, 0.3) is 0 Å². The summed E-state index contributed by atoms with van der Waals surface area (Å²) in [4.78, 5) is 9.23. The zero-order valence-corrected chi connectivity index (χ0v) is 6.94. The summed E-state index contributed by atoms with van der Waals surface area (Å²) in [7, 11) is 0. The molecule has 0 aromatic heterocycles. The topological polar surface area (TPSA) is 37.3 Å². The van der Waals surface area contributed by atoms with Crippen molar-refractivity contribution in [1.29, 1.82) is 0 Å². The fourth-order valence-corrected chi connectivity index (χ4v) is 0.0933. The zero-order chi connectivity index (χ0) is 7.65. The monoisotopic (exact) mass is 169 g/mol. The van der Waals surface area contributed by atoms with E-state index in [1.165, 1.54) is 0 Å². The molecule has 0 amide bonds. The quantitative estimate of drug-likeness (QED) is 0.382. The van der Waals surface area contributed by atoms with Crippen molar-refractivity contribution in [3.05, 3.63) is 0 Å². The van der Waals surface area contributed by atoms with Crippen LogP contribution in [-0.4, -0.2) is 23.4 Å². The number of alkyl halides is 4. The molecular weight excluding hydrogens is 167 g/mol. The minimum atomic E-state index is -4.92. The number of aliphatic carboxylic acids is 1. The average Bonchev–Trinajstić information content (AvgIpc) is 1.65. The van der Waals surface area contributed by atoms with Crippen LogP contribution in [0.4, 0.5) is 17.6 Å². The molecular formula is C3H2F4NaO2+. The molecule has 0 saturated heterocycles. The zero-order valence-electron chi connectivity index (χ0n) is 4.94. The van der Waals surface area contributed by atoms with Gasteiger partial charge >= 0.3 is 47.9 Å². The van der Waals surface area contributed by atoms with Gasteiger partial charge in [0.05, 0.1) is 0 Å². The summed E-state index contributed by atoms with van der Waals surface area (Å²) in [5.41, 5.74) is 0. The van der Waals surface area contributed by atoms with Gasteiger partial charge in [-0.1, -0.05) is 0 Å². The molecule has 7 heteroatoms. The first-order chi connectivity index (χ1) is 3.89. The van der Waals surface area contributed by atoms with Crippen molar-refractivity contribution in [2.45, 2.75) is 12.3 Å². The third-order valence-corrected chi connectivity index (χ3v) is 0.559. The predicted molar refractivity (Wildman–Crippen MR) is 18.6 cm³/mol. The number of hydrogen-bond donors (Lipinski definition) is 1. The average molecular weight is 169 g/mol. The van der Waals surface area contributed by atoms with Crippen LogP contribution in [0.1, 0.15) is 0 Å². The Kier molecular flexibility index (Phi) is 5.32. The van der Waals surface area contributed by atoms with E-state index in [4.69, 9.17) is 5.11 Å². The first-order valence-corrected chi connectivity index (χ1v) is 1.78.